The van der Waals surface area contributed by atoms with Gasteiger partial charge in [-0.3, -0.25) is 0 Å². The Morgan fingerprint density at radius 1 is 1.43 bits per heavy atom. The molecule has 76 valence electrons. The Bertz CT molecular complexity index is 312. The highest BCUT2D eigenvalue weighted by Gasteiger charge is 2.09. The SMILES string of the molecule is ClCCCc1ccc2c(n1)NCCC2. The van der Waals surface area contributed by atoms with Gasteiger partial charge in [0.05, 0.1) is 0 Å². The van der Waals surface area contributed by atoms with Crippen molar-refractivity contribution in [1.29, 1.82) is 0 Å². The number of fused-ring (bicyclic) bond motifs is 1. The average molecular weight is 211 g/mol. The zero-order valence-corrected chi connectivity index (χ0v) is 8.98. The highest BCUT2D eigenvalue weighted by Crippen LogP contribution is 2.19. The van der Waals surface area contributed by atoms with Crippen LogP contribution in [0.5, 0.6) is 0 Å². The van der Waals surface area contributed by atoms with Gasteiger partial charge in [0, 0.05) is 18.1 Å². The number of halogens is 1. The first-order valence-electron chi connectivity index (χ1n) is 5.19. The molecule has 0 amide bonds. The number of anilines is 1. The van der Waals surface area contributed by atoms with Crippen LogP contribution in [-0.2, 0) is 12.8 Å². The van der Waals surface area contributed by atoms with Crippen molar-refractivity contribution in [2.75, 3.05) is 17.7 Å². The minimum Gasteiger partial charge on any atom is -0.370 e. The standard InChI is InChI=1S/C11H15ClN2/c12-7-1-4-10-6-5-9-3-2-8-13-11(9)14-10/h5-6H,1-4,7-8H2,(H,13,14). The van der Waals surface area contributed by atoms with Gasteiger partial charge in [-0.1, -0.05) is 6.07 Å². The molecule has 0 saturated heterocycles. The van der Waals surface area contributed by atoms with Crippen molar-refractivity contribution in [3.63, 3.8) is 0 Å². The van der Waals surface area contributed by atoms with E-state index in [1.54, 1.807) is 0 Å². The Morgan fingerprint density at radius 2 is 2.36 bits per heavy atom. The molecule has 0 aliphatic carbocycles. The molecule has 0 unspecified atom stereocenters. The van der Waals surface area contributed by atoms with Crippen molar-refractivity contribution in [1.82, 2.24) is 4.98 Å². The molecule has 2 heterocycles. The molecule has 0 atom stereocenters. The number of nitrogens with one attached hydrogen (secondary N) is 1. The minimum absolute atomic E-state index is 0.714. The zero-order valence-electron chi connectivity index (χ0n) is 8.22. The van der Waals surface area contributed by atoms with Gasteiger partial charge < -0.3 is 5.32 Å². The first-order valence-corrected chi connectivity index (χ1v) is 5.72. The third-order valence-electron chi connectivity index (χ3n) is 2.52. The molecular weight excluding hydrogens is 196 g/mol. The van der Waals surface area contributed by atoms with Gasteiger partial charge in [-0.15, -0.1) is 11.6 Å². The monoisotopic (exact) mass is 210 g/mol. The average Bonchev–Trinajstić information content (AvgIpc) is 2.26. The van der Waals surface area contributed by atoms with Crippen LogP contribution in [0.2, 0.25) is 0 Å². The summed E-state index contributed by atoms with van der Waals surface area (Å²) >= 11 is 5.65. The Labute approximate surface area is 89.7 Å². The molecule has 3 heteroatoms. The second-order valence-corrected chi connectivity index (χ2v) is 4.01. The van der Waals surface area contributed by atoms with Gasteiger partial charge in [0.25, 0.3) is 0 Å². The van der Waals surface area contributed by atoms with Crippen LogP contribution in [0.4, 0.5) is 5.82 Å². The third-order valence-corrected chi connectivity index (χ3v) is 2.79. The van der Waals surface area contributed by atoms with Gasteiger partial charge in [0.1, 0.15) is 5.82 Å². The van der Waals surface area contributed by atoms with Gasteiger partial charge in [0.15, 0.2) is 0 Å². The minimum atomic E-state index is 0.714. The summed E-state index contributed by atoms with van der Waals surface area (Å²) in [6, 6.07) is 4.32. The highest BCUT2D eigenvalue weighted by atomic mass is 35.5. The van der Waals surface area contributed by atoms with Crippen molar-refractivity contribution in [3.8, 4) is 0 Å². The van der Waals surface area contributed by atoms with E-state index >= 15 is 0 Å². The molecule has 0 radical (unpaired) electrons. The molecule has 1 aliphatic rings. The predicted octanol–water partition coefficient (Wildman–Crippen LogP) is 2.61. The molecule has 1 aromatic rings. The lowest BCUT2D eigenvalue weighted by Crippen LogP contribution is -2.14. The first-order chi connectivity index (χ1) is 6.90. The summed E-state index contributed by atoms with van der Waals surface area (Å²) < 4.78 is 0. The smallest absolute Gasteiger partial charge is 0.129 e. The van der Waals surface area contributed by atoms with Gasteiger partial charge in [-0.2, -0.15) is 0 Å². The third kappa shape index (κ3) is 2.18. The number of alkyl halides is 1. The summed E-state index contributed by atoms with van der Waals surface area (Å²) in [5.74, 6) is 1.80. The van der Waals surface area contributed by atoms with Crippen LogP contribution >= 0.6 is 11.6 Å². The van der Waals surface area contributed by atoms with Crippen molar-refractivity contribution in [3.05, 3.63) is 23.4 Å². The normalized spacial score (nSPS) is 14.6. The van der Waals surface area contributed by atoms with Gasteiger partial charge >= 0.3 is 0 Å². The number of nitrogens with zero attached hydrogens (tertiary/aromatic N) is 1. The van der Waals surface area contributed by atoms with E-state index in [2.05, 4.69) is 22.4 Å². The quantitative estimate of drug-likeness (QED) is 0.776. The lowest BCUT2D eigenvalue weighted by Gasteiger charge is -2.17. The maximum absolute atomic E-state index is 5.65. The molecule has 0 aromatic carbocycles. The van der Waals surface area contributed by atoms with E-state index in [0.717, 1.165) is 37.3 Å². The van der Waals surface area contributed by atoms with Crippen LogP contribution in [-0.4, -0.2) is 17.4 Å². The van der Waals surface area contributed by atoms with Crippen LogP contribution in [0.3, 0.4) is 0 Å². The van der Waals surface area contributed by atoms with Crippen molar-refractivity contribution < 1.29 is 0 Å². The van der Waals surface area contributed by atoms with Crippen LogP contribution in [0.1, 0.15) is 24.1 Å². The van der Waals surface area contributed by atoms with Crippen molar-refractivity contribution >= 4 is 17.4 Å². The molecule has 1 aliphatic heterocycles. The van der Waals surface area contributed by atoms with Crippen molar-refractivity contribution in [2.24, 2.45) is 0 Å². The number of hydrogen-bond donors (Lipinski definition) is 1. The van der Waals surface area contributed by atoms with Gasteiger partial charge in [0.2, 0.25) is 0 Å². The maximum atomic E-state index is 5.65. The lowest BCUT2D eigenvalue weighted by atomic mass is 10.1. The summed E-state index contributed by atoms with van der Waals surface area (Å²) in [4.78, 5) is 4.58. The summed E-state index contributed by atoms with van der Waals surface area (Å²) in [5.41, 5.74) is 2.50. The van der Waals surface area contributed by atoms with E-state index in [1.165, 1.54) is 12.0 Å². The van der Waals surface area contributed by atoms with E-state index < -0.39 is 0 Å². The Morgan fingerprint density at radius 3 is 3.21 bits per heavy atom. The topological polar surface area (TPSA) is 24.9 Å². The van der Waals surface area contributed by atoms with Gasteiger partial charge in [-0.25, -0.2) is 4.98 Å². The van der Waals surface area contributed by atoms with E-state index in [9.17, 15) is 0 Å². The summed E-state index contributed by atoms with van der Waals surface area (Å²) in [5, 5.41) is 3.34. The number of aromatic nitrogens is 1. The highest BCUT2D eigenvalue weighted by molar-refractivity contribution is 6.17. The van der Waals surface area contributed by atoms with Crippen LogP contribution in [0.25, 0.3) is 0 Å². The molecule has 0 fully saturated rings. The first kappa shape index (κ1) is 9.78. The number of hydrogen-bond acceptors (Lipinski definition) is 2. The number of rotatable bonds is 3. The number of aryl methyl sites for hydroxylation is 2. The fourth-order valence-corrected chi connectivity index (χ4v) is 1.89. The van der Waals surface area contributed by atoms with Crippen LogP contribution in [0, 0.1) is 0 Å². The Hall–Kier alpha value is -0.760. The van der Waals surface area contributed by atoms with Gasteiger partial charge in [-0.05, 0) is 37.3 Å². The molecule has 2 nitrogen and oxygen atoms in total. The predicted molar refractivity (Wildman–Crippen MR) is 60.1 cm³/mol. The molecular formula is C11H15ClN2. The maximum Gasteiger partial charge on any atom is 0.129 e. The number of pyridine rings is 1. The molecule has 1 aromatic heterocycles. The molecule has 1 N–H and O–H groups in total. The second kappa shape index (κ2) is 4.65. The Balaban J connectivity index is 2.12. The largest absolute Gasteiger partial charge is 0.370 e. The Kier molecular flexibility index (Phi) is 3.25. The van der Waals surface area contributed by atoms with Crippen molar-refractivity contribution in [2.45, 2.75) is 25.7 Å². The fourth-order valence-electron chi connectivity index (χ4n) is 1.76. The van der Waals surface area contributed by atoms with E-state index in [1.807, 2.05) is 0 Å². The van der Waals surface area contributed by atoms with E-state index in [-0.39, 0.29) is 0 Å². The molecule has 0 spiro atoms. The summed E-state index contributed by atoms with van der Waals surface area (Å²) in [6.45, 7) is 1.05. The molecule has 14 heavy (non-hydrogen) atoms. The van der Waals surface area contributed by atoms with Crippen LogP contribution < -0.4 is 5.32 Å². The second-order valence-electron chi connectivity index (χ2n) is 3.63. The molecule has 0 bridgehead atoms. The summed E-state index contributed by atoms with van der Waals surface area (Å²) in [7, 11) is 0. The van der Waals surface area contributed by atoms with E-state index in [0.29, 0.717) is 5.88 Å². The molecule has 0 saturated carbocycles. The molecule has 2 rings (SSSR count). The fraction of sp³-hybridized carbons (Fsp3) is 0.545. The summed E-state index contributed by atoms with van der Waals surface area (Å²) in [6.07, 6.45) is 4.37. The lowest BCUT2D eigenvalue weighted by molar-refractivity contribution is 0.803. The zero-order chi connectivity index (χ0) is 9.80. The van der Waals surface area contributed by atoms with E-state index in [4.69, 9.17) is 11.6 Å². The van der Waals surface area contributed by atoms with Crippen LogP contribution in [0.15, 0.2) is 12.1 Å².